The number of carbonyl (C=O) groups is 3. The number of rotatable bonds is 6. The van der Waals surface area contributed by atoms with Gasteiger partial charge in [0.25, 0.3) is 11.8 Å². The SMILES string of the molecule is Cc1nc(N(C)C(=O)c2ccc(C#N)cc2)sc1C(=O)NCCC(=O)OC(C)(C)C. The average Bonchev–Trinajstić information content (AvgIpc) is 3.07. The highest BCUT2D eigenvalue weighted by Gasteiger charge is 2.22. The minimum Gasteiger partial charge on any atom is -0.460 e. The number of benzene rings is 1. The van der Waals surface area contributed by atoms with E-state index in [1.807, 2.05) is 6.07 Å². The van der Waals surface area contributed by atoms with E-state index in [0.29, 0.717) is 26.8 Å². The molecule has 0 atom stereocenters. The van der Waals surface area contributed by atoms with Crippen molar-refractivity contribution in [2.24, 2.45) is 0 Å². The van der Waals surface area contributed by atoms with Gasteiger partial charge in [-0.2, -0.15) is 5.26 Å². The van der Waals surface area contributed by atoms with Crippen LogP contribution < -0.4 is 10.2 Å². The summed E-state index contributed by atoms with van der Waals surface area (Å²) >= 11 is 1.09. The third-order valence-corrected chi connectivity index (χ3v) is 5.11. The normalized spacial score (nSPS) is 10.8. The van der Waals surface area contributed by atoms with Crippen LogP contribution in [0.25, 0.3) is 0 Å². The van der Waals surface area contributed by atoms with E-state index in [1.54, 1.807) is 59.0 Å². The van der Waals surface area contributed by atoms with E-state index >= 15 is 0 Å². The topological polar surface area (TPSA) is 112 Å². The van der Waals surface area contributed by atoms with Gasteiger partial charge in [-0.05, 0) is 52.0 Å². The first-order valence-corrected chi connectivity index (χ1v) is 10.1. The molecule has 0 radical (unpaired) electrons. The van der Waals surface area contributed by atoms with Gasteiger partial charge in [0.2, 0.25) is 0 Å². The van der Waals surface area contributed by atoms with Crippen LogP contribution in [-0.4, -0.2) is 42.0 Å². The highest BCUT2D eigenvalue weighted by molar-refractivity contribution is 7.17. The first kappa shape index (κ1) is 23.0. The van der Waals surface area contributed by atoms with Gasteiger partial charge in [0.05, 0.1) is 23.7 Å². The molecule has 0 saturated heterocycles. The van der Waals surface area contributed by atoms with Gasteiger partial charge in [-0.25, -0.2) is 4.98 Å². The fourth-order valence-electron chi connectivity index (χ4n) is 2.46. The van der Waals surface area contributed by atoms with E-state index in [0.717, 1.165) is 11.3 Å². The predicted octanol–water partition coefficient (Wildman–Crippen LogP) is 3.06. The second-order valence-corrected chi connectivity index (χ2v) is 8.53. The summed E-state index contributed by atoms with van der Waals surface area (Å²) in [6.07, 6.45) is 0.0603. The van der Waals surface area contributed by atoms with E-state index in [1.165, 1.54) is 4.90 Å². The van der Waals surface area contributed by atoms with Gasteiger partial charge in [-0.15, -0.1) is 0 Å². The highest BCUT2D eigenvalue weighted by Crippen LogP contribution is 2.26. The Labute approximate surface area is 179 Å². The number of aryl methyl sites for hydroxylation is 1. The summed E-state index contributed by atoms with van der Waals surface area (Å²) in [6, 6.07) is 8.28. The lowest BCUT2D eigenvalue weighted by molar-refractivity contribution is -0.154. The molecule has 2 aromatic rings. The number of carbonyl (C=O) groups excluding carboxylic acids is 3. The maximum absolute atomic E-state index is 12.7. The van der Waals surface area contributed by atoms with Gasteiger partial charge in [-0.1, -0.05) is 11.3 Å². The molecule has 0 fully saturated rings. The van der Waals surface area contributed by atoms with Crippen molar-refractivity contribution in [1.29, 1.82) is 5.26 Å². The van der Waals surface area contributed by atoms with E-state index in [4.69, 9.17) is 10.00 Å². The molecule has 8 nitrogen and oxygen atoms in total. The van der Waals surface area contributed by atoms with Crippen molar-refractivity contribution in [1.82, 2.24) is 10.3 Å². The second kappa shape index (κ2) is 9.50. The van der Waals surface area contributed by atoms with Gasteiger partial charge >= 0.3 is 5.97 Å². The summed E-state index contributed by atoms with van der Waals surface area (Å²) in [5.41, 5.74) is 0.789. The molecule has 0 saturated carbocycles. The number of hydrogen-bond acceptors (Lipinski definition) is 7. The standard InChI is InChI=1S/C21H24N4O4S/c1-13-17(18(27)23-11-10-16(26)29-21(2,3)4)30-20(24-13)25(5)19(28)15-8-6-14(12-22)7-9-15/h6-9H,10-11H2,1-5H3,(H,23,27). The molecule has 2 amide bonds. The molecule has 0 unspecified atom stereocenters. The van der Waals surface area contributed by atoms with E-state index in [9.17, 15) is 14.4 Å². The van der Waals surface area contributed by atoms with Gasteiger partial charge in [0.15, 0.2) is 5.13 Å². The lowest BCUT2D eigenvalue weighted by Crippen LogP contribution is -2.29. The maximum atomic E-state index is 12.7. The molecule has 0 aliphatic carbocycles. The maximum Gasteiger partial charge on any atom is 0.308 e. The van der Waals surface area contributed by atoms with Crippen LogP contribution in [0.4, 0.5) is 5.13 Å². The van der Waals surface area contributed by atoms with Crippen LogP contribution in [0.3, 0.4) is 0 Å². The first-order chi connectivity index (χ1) is 14.0. The lowest BCUT2D eigenvalue weighted by atomic mass is 10.1. The van der Waals surface area contributed by atoms with Crippen LogP contribution in [0.15, 0.2) is 24.3 Å². The quantitative estimate of drug-likeness (QED) is 0.708. The molecule has 30 heavy (non-hydrogen) atoms. The molecule has 9 heteroatoms. The highest BCUT2D eigenvalue weighted by atomic mass is 32.1. The fourth-order valence-corrected chi connectivity index (χ4v) is 3.40. The van der Waals surface area contributed by atoms with Crippen LogP contribution in [0.5, 0.6) is 0 Å². The number of amides is 2. The Hall–Kier alpha value is -3.25. The molecular formula is C21H24N4O4S. The number of esters is 1. The molecule has 1 N–H and O–H groups in total. The monoisotopic (exact) mass is 428 g/mol. The van der Waals surface area contributed by atoms with Crippen LogP contribution in [0.1, 0.15) is 58.5 Å². The molecule has 1 aromatic heterocycles. The van der Waals surface area contributed by atoms with Crippen LogP contribution >= 0.6 is 11.3 Å². The van der Waals surface area contributed by atoms with Crippen molar-refractivity contribution >= 4 is 34.3 Å². The Morgan fingerprint density at radius 1 is 1.23 bits per heavy atom. The number of nitrogens with one attached hydrogen (secondary N) is 1. The second-order valence-electron chi connectivity index (χ2n) is 7.56. The number of thiazole rings is 1. The minimum absolute atomic E-state index is 0.0603. The van der Waals surface area contributed by atoms with Gasteiger partial charge < -0.3 is 10.1 Å². The fraction of sp³-hybridized carbons (Fsp3) is 0.381. The Balaban J connectivity index is 2.01. The zero-order chi connectivity index (χ0) is 22.5. The van der Waals surface area contributed by atoms with Crippen LogP contribution in [-0.2, 0) is 9.53 Å². The third kappa shape index (κ3) is 6.12. The Kier molecular flexibility index (Phi) is 7.29. The van der Waals surface area contributed by atoms with Crippen LogP contribution in [0, 0.1) is 18.3 Å². The van der Waals surface area contributed by atoms with Gasteiger partial charge in [0, 0.05) is 19.2 Å². The zero-order valence-corrected chi connectivity index (χ0v) is 18.4. The van der Waals surface area contributed by atoms with Crippen molar-refractivity contribution in [3.8, 4) is 6.07 Å². The first-order valence-electron chi connectivity index (χ1n) is 9.27. The number of hydrogen-bond donors (Lipinski definition) is 1. The van der Waals surface area contributed by atoms with Crippen molar-refractivity contribution in [2.45, 2.75) is 39.7 Å². The smallest absolute Gasteiger partial charge is 0.308 e. The molecule has 158 valence electrons. The summed E-state index contributed by atoms with van der Waals surface area (Å²) in [7, 11) is 1.57. The Bertz CT molecular complexity index is 984. The minimum atomic E-state index is -0.573. The Morgan fingerprint density at radius 2 is 1.87 bits per heavy atom. The number of nitriles is 1. The molecule has 0 spiro atoms. The Morgan fingerprint density at radius 3 is 2.43 bits per heavy atom. The van der Waals surface area contributed by atoms with Gasteiger partial charge in [0.1, 0.15) is 10.5 Å². The van der Waals surface area contributed by atoms with E-state index < -0.39 is 11.6 Å². The predicted molar refractivity (Wildman–Crippen MR) is 114 cm³/mol. The van der Waals surface area contributed by atoms with E-state index in [-0.39, 0.29) is 24.8 Å². The molecule has 0 aliphatic rings. The average molecular weight is 429 g/mol. The molecular weight excluding hydrogens is 404 g/mol. The lowest BCUT2D eigenvalue weighted by Gasteiger charge is -2.19. The molecule has 0 bridgehead atoms. The number of anilines is 1. The number of ether oxygens (including phenoxy) is 1. The summed E-state index contributed by atoms with van der Waals surface area (Å²) in [6.45, 7) is 7.16. The summed E-state index contributed by atoms with van der Waals surface area (Å²) in [5.74, 6) is -1.05. The van der Waals surface area contributed by atoms with Gasteiger partial charge in [-0.3, -0.25) is 19.3 Å². The largest absolute Gasteiger partial charge is 0.460 e. The molecule has 2 rings (SSSR count). The third-order valence-electron chi connectivity index (χ3n) is 3.88. The van der Waals surface area contributed by atoms with Crippen molar-refractivity contribution < 1.29 is 19.1 Å². The van der Waals surface area contributed by atoms with Crippen LogP contribution in [0.2, 0.25) is 0 Å². The summed E-state index contributed by atoms with van der Waals surface area (Å²) < 4.78 is 5.21. The summed E-state index contributed by atoms with van der Waals surface area (Å²) in [5, 5.41) is 11.9. The molecule has 1 aromatic carbocycles. The van der Waals surface area contributed by atoms with Crippen molar-refractivity contribution in [3.05, 3.63) is 46.0 Å². The van der Waals surface area contributed by atoms with E-state index in [2.05, 4.69) is 10.3 Å². The number of aromatic nitrogens is 1. The molecule has 1 heterocycles. The van der Waals surface area contributed by atoms with Crippen molar-refractivity contribution in [2.75, 3.05) is 18.5 Å². The van der Waals surface area contributed by atoms with Crippen molar-refractivity contribution in [3.63, 3.8) is 0 Å². The number of nitrogens with zero attached hydrogens (tertiary/aromatic N) is 3. The summed E-state index contributed by atoms with van der Waals surface area (Å²) in [4.78, 5) is 42.9. The molecule has 0 aliphatic heterocycles. The zero-order valence-electron chi connectivity index (χ0n) is 17.6.